The van der Waals surface area contributed by atoms with Crippen molar-refractivity contribution in [1.29, 1.82) is 0 Å². The summed E-state index contributed by atoms with van der Waals surface area (Å²) < 4.78 is 34.5. The van der Waals surface area contributed by atoms with Crippen molar-refractivity contribution in [2.24, 2.45) is 0 Å². The number of piperazine rings is 1. The second-order valence-corrected chi connectivity index (χ2v) is 7.05. The van der Waals surface area contributed by atoms with E-state index in [1.807, 2.05) is 6.92 Å². The molecule has 0 aliphatic carbocycles. The highest BCUT2D eigenvalue weighted by molar-refractivity contribution is 7.88. The fraction of sp³-hybridized carbons (Fsp3) is 0.615. The number of esters is 1. The van der Waals surface area contributed by atoms with Crippen molar-refractivity contribution < 1.29 is 22.4 Å². The Bertz CT molecular complexity index is 602. The van der Waals surface area contributed by atoms with Crippen LogP contribution in [-0.2, 0) is 14.8 Å². The molecule has 7 nitrogen and oxygen atoms in total. The third-order valence-corrected chi connectivity index (χ3v) is 5.02. The Kier molecular flexibility index (Phi) is 4.70. The predicted octanol–water partition coefficient (Wildman–Crippen LogP) is 0.704. The molecule has 118 valence electrons. The molecule has 8 heteroatoms. The normalized spacial score (nSPS) is 19.4. The summed E-state index contributed by atoms with van der Waals surface area (Å²) in [7, 11) is -1.82. The second kappa shape index (κ2) is 6.17. The van der Waals surface area contributed by atoms with Gasteiger partial charge in [-0.3, -0.25) is 4.90 Å². The molecule has 0 radical (unpaired) electrons. The van der Waals surface area contributed by atoms with Crippen LogP contribution in [0.1, 0.15) is 29.3 Å². The SMILES string of the molecule is COC(=O)c1ccc(C(C)N2CCN(S(C)(=O)=O)CC2)o1. The summed E-state index contributed by atoms with van der Waals surface area (Å²) in [4.78, 5) is 13.5. The Balaban J connectivity index is 2.00. The number of carbonyl (C=O) groups is 1. The lowest BCUT2D eigenvalue weighted by Crippen LogP contribution is -2.48. The quantitative estimate of drug-likeness (QED) is 0.761. The molecule has 0 bridgehead atoms. The van der Waals surface area contributed by atoms with E-state index in [4.69, 9.17) is 4.42 Å². The maximum atomic E-state index is 11.5. The molecule has 1 aliphatic rings. The third kappa shape index (κ3) is 3.63. The number of hydrogen-bond acceptors (Lipinski definition) is 6. The zero-order valence-electron chi connectivity index (χ0n) is 12.4. The molecular formula is C13H20N2O5S. The molecule has 1 unspecified atom stereocenters. The molecule has 2 heterocycles. The van der Waals surface area contributed by atoms with Crippen LogP contribution in [-0.4, -0.2) is 63.1 Å². The first kappa shape index (κ1) is 16.0. The molecule has 2 rings (SSSR count). The molecule has 1 atom stereocenters. The molecule has 0 aromatic carbocycles. The van der Waals surface area contributed by atoms with E-state index >= 15 is 0 Å². The summed E-state index contributed by atoms with van der Waals surface area (Å²) in [5.74, 6) is 0.340. The third-order valence-electron chi connectivity index (χ3n) is 3.72. The minimum Gasteiger partial charge on any atom is -0.463 e. The van der Waals surface area contributed by atoms with Gasteiger partial charge in [0.1, 0.15) is 5.76 Å². The van der Waals surface area contributed by atoms with Gasteiger partial charge in [-0.25, -0.2) is 13.2 Å². The zero-order chi connectivity index (χ0) is 15.6. The van der Waals surface area contributed by atoms with Gasteiger partial charge < -0.3 is 9.15 Å². The van der Waals surface area contributed by atoms with Gasteiger partial charge in [0.25, 0.3) is 0 Å². The van der Waals surface area contributed by atoms with E-state index in [1.165, 1.54) is 17.7 Å². The first-order valence-electron chi connectivity index (χ1n) is 6.70. The van der Waals surface area contributed by atoms with E-state index in [-0.39, 0.29) is 11.8 Å². The summed E-state index contributed by atoms with van der Waals surface area (Å²) in [6, 6.07) is 3.31. The van der Waals surface area contributed by atoms with E-state index in [0.29, 0.717) is 31.9 Å². The van der Waals surface area contributed by atoms with Gasteiger partial charge in [0, 0.05) is 26.2 Å². The van der Waals surface area contributed by atoms with Crippen molar-refractivity contribution in [2.45, 2.75) is 13.0 Å². The lowest BCUT2D eigenvalue weighted by molar-refractivity contribution is 0.0556. The molecule has 21 heavy (non-hydrogen) atoms. The molecule has 0 amide bonds. The molecule has 1 saturated heterocycles. The second-order valence-electron chi connectivity index (χ2n) is 5.07. The van der Waals surface area contributed by atoms with Crippen LogP contribution in [0.3, 0.4) is 0 Å². The average molecular weight is 316 g/mol. The Hall–Kier alpha value is -1.38. The van der Waals surface area contributed by atoms with Crippen LogP contribution in [0, 0.1) is 0 Å². The average Bonchev–Trinajstić information content (AvgIpc) is 2.94. The van der Waals surface area contributed by atoms with Gasteiger partial charge in [0.15, 0.2) is 0 Å². The Labute approximate surface area is 124 Å². The molecule has 1 aromatic rings. The van der Waals surface area contributed by atoms with Crippen molar-refractivity contribution >= 4 is 16.0 Å². The monoisotopic (exact) mass is 316 g/mol. The number of furan rings is 1. The highest BCUT2D eigenvalue weighted by Crippen LogP contribution is 2.24. The first-order valence-corrected chi connectivity index (χ1v) is 8.55. The fourth-order valence-electron chi connectivity index (χ4n) is 2.39. The van der Waals surface area contributed by atoms with E-state index in [2.05, 4.69) is 9.64 Å². The smallest absolute Gasteiger partial charge is 0.373 e. The summed E-state index contributed by atoms with van der Waals surface area (Å²) in [5, 5.41) is 0. The molecule has 1 aromatic heterocycles. The van der Waals surface area contributed by atoms with Crippen LogP contribution in [0.2, 0.25) is 0 Å². The lowest BCUT2D eigenvalue weighted by atomic mass is 10.2. The van der Waals surface area contributed by atoms with E-state index in [9.17, 15) is 13.2 Å². The molecule has 1 fully saturated rings. The number of methoxy groups -OCH3 is 1. The largest absolute Gasteiger partial charge is 0.463 e. The van der Waals surface area contributed by atoms with Crippen molar-refractivity contribution in [2.75, 3.05) is 39.5 Å². The fourth-order valence-corrected chi connectivity index (χ4v) is 3.22. The van der Waals surface area contributed by atoms with E-state index in [0.717, 1.165) is 0 Å². The van der Waals surface area contributed by atoms with Crippen molar-refractivity contribution in [3.05, 3.63) is 23.7 Å². The highest BCUT2D eigenvalue weighted by atomic mass is 32.2. The molecule has 0 spiro atoms. The molecule has 1 aliphatic heterocycles. The Morgan fingerprint density at radius 2 is 1.90 bits per heavy atom. The van der Waals surface area contributed by atoms with Gasteiger partial charge in [-0.15, -0.1) is 0 Å². The lowest BCUT2D eigenvalue weighted by Gasteiger charge is -2.36. The van der Waals surface area contributed by atoms with Crippen molar-refractivity contribution in [1.82, 2.24) is 9.21 Å². The van der Waals surface area contributed by atoms with Crippen LogP contribution in [0.5, 0.6) is 0 Å². The molecular weight excluding hydrogens is 296 g/mol. The summed E-state index contributed by atoms with van der Waals surface area (Å²) >= 11 is 0. The Morgan fingerprint density at radius 3 is 2.43 bits per heavy atom. The van der Waals surface area contributed by atoms with Crippen LogP contribution in [0.4, 0.5) is 0 Å². The Morgan fingerprint density at radius 1 is 1.29 bits per heavy atom. The van der Waals surface area contributed by atoms with Gasteiger partial charge in [0.2, 0.25) is 15.8 Å². The topological polar surface area (TPSA) is 80.1 Å². The van der Waals surface area contributed by atoms with Crippen LogP contribution in [0.25, 0.3) is 0 Å². The van der Waals surface area contributed by atoms with Crippen molar-refractivity contribution in [3.8, 4) is 0 Å². The minimum atomic E-state index is -3.13. The number of hydrogen-bond donors (Lipinski definition) is 0. The van der Waals surface area contributed by atoms with Crippen LogP contribution < -0.4 is 0 Å². The number of nitrogens with zero attached hydrogens (tertiary/aromatic N) is 2. The first-order chi connectivity index (χ1) is 9.82. The maximum absolute atomic E-state index is 11.5. The predicted molar refractivity (Wildman–Crippen MR) is 76.5 cm³/mol. The van der Waals surface area contributed by atoms with Crippen molar-refractivity contribution in [3.63, 3.8) is 0 Å². The summed E-state index contributed by atoms with van der Waals surface area (Å²) in [5.41, 5.74) is 0. The number of carbonyl (C=O) groups excluding carboxylic acids is 1. The van der Waals surface area contributed by atoms with Crippen LogP contribution >= 0.6 is 0 Å². The highest BCUT2D eigenvalue weighted by Gasteiger charge is 2.28. The van der Waals surface area contributed by atoms with Gasteiger partial charge in [0.05, 0.1) is 19.4 Å². The minimum absolute atomic E-state index is 0.0230. The van der Waals surface area contributed by atoms with Gasteiger partial charge >= 0.3 is 5.97 Å². The number of sulfonamides is 1. The van der Waals surface area contributed by atoms with E-state index < -0.39 is 16.0 Å². The van der Waals surface area contributed by atoms with Gasteiger partial charge in [-0.1, -0.05) is 0 Å². The zero-order valence-corrected chi connectivity index (χ0v) is 13.2. The number of ether oxygens (including phenoxy) is 1. The summed E-state index contributed by atoms with van der Waals surface area (Å²) in [6.45, 7) is 4.16. The van der Waals surface area contributed by atoms with E-state index in [1.54, 1.807) is 12.1 Å². The van der Waals surface area contributed by atoms with Gasteiger partial charge in [-0.2, -0.15) is 4.31 Å². The molecule has 0 saturated carbocycles. The van der Waals surface area contributed by atoms with Gasteiger partial charge in [-0.05, 0) is 19.1 Å². The number of rotatable bonds is 4. The maximum Gasteiger partial charge on any atom is 0.373 e. The van der Waals surface area contributed by atoms with Crippen LogP contribution in [0.15, 0.2) is 16.5 Å². The standard InChI is InChI=1S/C13H20N2O5S/c1-10(11-4-5-12(20-11)13(16)19-2)14-6-8-15(9-7-14)21(3,17)18/h4-5,10H,6-9H2,1-3H3. The molecule has 0 N–H and O–H groups in total. The summed E-state index contributed by atoms with van der Waals surface area (Å²) in [6.07, 6.45) is 1.22.